The van der Waals surface area contributed by atoms with Gasteiger partial charge in [0.1, 0.15) is 10.7 Å². The number of nitrogens with zero attached hydrogens (tertiary/aromatic N) is 2. The third kappa shape index (κ3) is 9.37. The number of benzene rings is 1. The molecule has 10 heteroatoms. The molecule has 4 atom stereocenters. The topological polar surface area (TPSA) is 115 Å². The Morgan fingerprint density at radius 1 is 1.07 bits per heavy atom. The van der Waals surface area contributed by atoms with Crippen LogP contribution in [0.5, 0.6) is 0 Å². The SMILES string of the molecule is COC(=O)C(C)CC(Cc1ccccc1)NC(=O)c1csc([C@@H](CC(C(C)C)N(C)C(=O)C2CCCC2)OC(C)=O)n1. The predicted molar refractivity (Wildman–Crippen MR) is 162 cm³/mol. The van der Waals surface area contributed by atoms with E-state index in [-0.39, 0.29) is 47.4 Å². The number of esters is 2. The molecule has 42 heavy (non-hydrogen) atoms. The van der Waals surface area contributed by atoms with Crippen LogP contribution in [0.2, 0.25) is 0 Å². The van der Waals surface area contributed by atoms with Crippen LogP contribution < -0.4 is 5.32 Å². The van der Waals surface area contributed by atoms with Crippen LogP contribution in [0.15, 0.2) is 35.7 Å². The Hall–Kier alpha value is -3.27. The normalized spacial score (nSPS) is 16.4. The molecule has 1 aromatic carbocycles. The Morgan fingerprint density at radius 3 is 2.33 bits per heavy atom. The zero-order chi connectivity index (χ0) is 30.8. The second-order valence-corrected chi connectivity index (χ2v) is 12.6. The van der Waals surface area contributed by atoms with Crippen molar-refractivity contribution in [1.82, 2.24) is 15.2 Å². The fraction of sp³-hybridized carbons (Fsp3) is 0.594. The first-order valence-electron chi connectivity index (χ1n) is 14.8. The first kappa shape index (κ1) is 33.2. The lowest BCUT2D eigenvalue weighted by Crippen LogP contribution is -2.44. The molecule has 9 nitrogen and oxygen atoms in total. The summed E-state index contributed by atoms with van der Waals surface area (Å²) < 4.78 is 10.6. The van der Waals surface area contributed by atoms with E-state index in [2.05, 4.69) is 24.1 Å². The summed E-state index contributed by atoms with van der Waals surface area (Å²) >= 11 is 1.25. The molecule has 0 spiro atoms. The average molecular weight is 600 g/mol. The molecule has 0 radical (unpaired) electrons. The number of methoxy groups -OCH3 is 1. The minimum atomic E-state index is -0.695. The summed E-state index contributed by atoms with van der Waals surface area (Å²) in [5.41, 5.74) is 1.25. The van der Waals surface area contributed by atoms with Gasteiger partial charge in [0.2, 0.25) is 5.91 Å². The number of carbonyl (C=O) groups is 4. The van der Waals surface area contributed by atoms with Gasteiger partial charge in [-0.05, 0) is 37.2 Å². The first-order valence-corrected chi connectivity index (χ1v) is 15.7. The number of ether oxygens (including phenoxy) is 2. The highest BCUT2D eigenvalue weighted by Gasteiger charge is 2.34. The largest absolute Gasteiger partial charge is 0.469 e. The molecule has 1 aliphatic carbocycles. The molecule has 1 aromatic heterocycles. The van der Waals surface area contributed by atoms with Crippen LogP contribution in [-0.4, -0.2) is 59.9 Å². The maximum atomic E-state index is 13.4. The quantitative estimate of drug-likeness (QED) is 0.291. The third-order valence-corrected chi connectivity index (χ3v) is 8.95. The van der Waals surface area contributed by atoms with Gasteiger partial charge in [0.05, 0.1) is 13.0 Å². The number of hydrogen-bond acceptors (Lipinski definition) is 8. The highest BCUT2D eigenvalue weighted by atomic mass is 32.1. The maximum Gasteiger partial charge on any atom is 0.308 e. The van der Waals surface area contributed by atoms with Crippen LogP contribution in [0.25, 0.3) is 0 Å². The Balaban J connectivity index is 1.77. The van der Waals surface area contributed by atoms with Gasteiger partial charge in [-0.1, -0.05) is 63.9 Å². The third-order valence-electron chi connectivity index (χ3n) is 8.01. The van der Waals surface area contributed by atoms with Crippen LogP contribution in [0.1, 0.15) is 93.4 Å². The van der Waals surface area contributed by atoms with Crippen molar-refractivity contribution in [2.45, 2.75) is 90.8 Å². The van der Waals surface area contributed by atoms with E-state index in [1.807, 2.05) is 42.3 Å². The summed E-state index contributed by atoms with van der Waals surface area (Å²) in [7, 11) is 3.19. The van der Waals surface area contributed by atoms with E-state index in [1.165, 1.54) is 25.4 Å². The highest BCUT2D eigenvalue weighted by molar-refractivity contribution is 7.09. The Morgan fingerprint density at radius 2 is 1.74 bits per heavy atom. The fourth-order valence-corrected chi connectivity index (χ4v) is 6.58. The molecule has 1 aliphatic rings. The number of aromatic nitrogens is 1. The molecule has 0 aliphatic heterocycles. The first-order chi connectivity index (χ1) is 20.0. The summed E-state index contributed by atoms with van der Waals surface area (Å²) in [5.74, 6) is -1.25. The molecular formula is C32H45N3O6S. The molecule has 230 valence electrons. The van der Waals surface area contributed by atoms with Crippen molar-refractivity contribution in [1.29, 1.82) is 0 Å². The summed E-state index contributed by atoms with van der Waals surface area (Å²) in [6.45, 7) is 7.23. The molecule has 0 saturated heterocycles. The van der Waals surface area contributed by atoms with E-state index in [9.17, 15) is 19.2 Å². The maximum absolute atomic E-state index is 13.4. The number of carbonyl (C=O) groups excluding carboxylic acids is 4. The van der Waals surface area contributed by atoms with Crippen LogP contribution >= 0.6 is 11.3 Å². The van der Waals surface area contributed by atoms with Gasteiger partial charge in [0, 0.05) is 43.8 Å². The molecule has 1 fully saturated rings. The lowest BCUT2D eigenvalue weighted by molar-refractivity contribution is -0.149. The van der Waals surface area contributed by atoms with Crippen molar-refractivity contribution in [3.63, 3.8) is 0 Å². The molecule has 3 rings (SSSR count). The Labute approximate surface area is 253 Å². The van der Waals surface area contributed by atoms with Gasteiger partial charge >= 0.3 is 11.9 Å². The van der Waals surface area contributed by atoms with Crippen LogP contribution in [-0.2, 0) is 30.3 Å². The summed E-state index contributed by atoms with van der Waals surface area (Å²) in [6, 6.07) is 9.25. The predicted octanol–water partition coefficient (Wildman–Crippen LogP) is 5.35. The Kier molecular flexibility index (Phi) is 12.5. The Bertz CT molecular complexity index is 1190. The van der Waals surface area contributed by atoms with Crippen molar-refractivity contribution >= 4 is 35.1 Å². The van der Waals surface area contributed by atoms with Gasteiger partial charge < -0.3 is 19.7 Å². The smallest absolute Gasteiger partial charge is 0.308 e. The molecule has 1 saturated carbocycles. The summed E-state index contributed by atoms with van der Waals surface area (Å²) in [6.07, 6.45) is 4.60. The van der Waals surface area contributed by atoms with Gasteiger partial charge in [0.15, 0.2) is 6.10 Å². The lowest BCUT2D eigenvalue weighted by atomic mass is 9.94. The number of nitrogens with one attached hydrogen (secondary N) is 1. The van der Waals surface area contributed by atoms with E-state index in [1.54, 1.807) is 12.3 Å². The zero-order valence-electron chi connectivity index (χ0n) is 25.6. The van der Waals surface area contributed by atoms with Crippen LogP contribution in [0.4, 0.5) is 0 Å². The second-order valence-electron chi connectivity index (χ2n) is 11.7. The van der Waals surface area contributed by atoms with Crippen molar-refractivity contribution in [3.05, 3.63) is 52.0 Å². The van der Waals surface area contributed by atoms with Gasteiger partial charge in [-0.2, -0.15) is 0 Å². The van der Waals surface area contributed by atoms with E-state index < -0.39 is 18.0 Å². The van der Waals surface area contributed by atoms with Crippen molar-refractivity contribution < 1.29 is 28.7 Å². The molecule has 1 heterocycles. The van der Waals surface area contributed by atoms with E-state index in [4.69, 9.17) is 9.47 Å². The van der Waals surface area contributed by atoms with E-state index in [0.717, 1.165) is 31.2 Å². The summed E-state index contributed by atoms with van der Waals surface area (Å²) in [4.78, 5) is 57.2. The minimum absolute atomic E-state index is 0.0457. The number of thiazole rings is 1. The van der Waals surface area contributed by atoms with Crippen LogP contribution in [0, 0.1) is 17.8 Å². The average Bonchev–Trinajstić information content (AvgIpc) is 3.67. The standard InChI is InChI=1S/C32H45N3O6S/c1-20(2)27(35(5)31(38)24-14-10-11-15-24)18-28(41-22(4)36)30-34-26(19-42-30)29(37)33-25(16-21(3)32(39)40-6)17-23-12-8-7-9-13-23/h7-9,12-13,19-21,24-25,27-28H,10-11,14-18H2,1-6H3,(H,33,37)/t21?,25?,27?,28-/m1/s1. The molecule has 2 aromatic rings. The van der Waals surface area contributed by atoms with Crippen molar-refractivity contribution in [2.75, 3.05) is 14.2 Å². The number of rotatable bonds is 14. The van der Waals surface area contributed by atoms with E-state index >= 15 is 0 Å². The van der Waals surface area contributed by atoms with Crippen molar-refractivity contribution in [3.8, 4) is 0 Å². The fourth-order valence-electron chi connectivity index (χ4n) is 5.74. The van der Waals surface area contributed by atoms with Gasteiger partial charge in [-0.3, -0.25) is 19.2 Å². The van der Waals surface area contributed by atoms with Gasteiger partial charge in [0.25, 0.3) is 5.91 Å². The summed E-state index contributed by atoms with van der Waals surface area (Å²) in [5, 5.41) is 5.20. The molecule has 3 unspecified atom stereocenters. The molecule has 0 bridgehead atoms. The zero-order valence-corrected chi connectivity index (χ0v) is 26.4. The minimum Gasteiger partial charge on any atom is -0.469 e. The lowest BCUT2D eigenvalue weighted by Gasteiger charge is -2.35. The number of amides is 2. The van der Waals surface area contributed by atoms with Crippen molar-refractivity contribution in [2.24, 2.45) is 17.8 Å². The molecule has 1 N–H and O–H groups in total. The van der Waals surface area contributed by atoms with Gasteiger partial charge in [-0.15, -0.1) is 11.3 Å². The molecule has 2 amide bonds. The molecular weight excluding hydrogens is 554 g/mol. The highest BCUT2D eigenvalue weighted by Crippen LogP contribution is 2.33. The van der Waals surface area contributed by atoms with Gasteiger partial charge in [-0.25, -0.2) is 4.98 Å². The van der Waals surface area contributed by atoms with E-state index in [0.29, 0.717) is 24.3 Å². The number of hydrogen-bond donors (Lipinski definition) is 1. The van der Waals surface area contributed by atoms with Crippen LogP contribution in [0.3, 0.4) is 0 Å². The second kappa shape index (κ2) is 15.8. The monoisotopic (exact) mass is 599 g/mol.